The molecule has 1 aromatic rings. The zero-order valence-electron chi connectivity index (χ0n) is 21.9. The molecule has 1 aromatic carbocycles. The maximum absolute atomic E-state index is 14.8. The van der Waals surface area contributed by atoms with Crippen LogP contribution in [-0.2, 0) is 14.3 Å². The van der Waals surface area contributed by atoms with Gasteiger partial charge in [0.25, 0.3) is 5.91 Å². The van der Waals surface area contributed by atoms with Crippen molar-refractivity contribution in [3.05, 3.63) is 23.5 Å². The van der Waals surface area contributed by atoms with Crippen molar-refractivity contribution in [1.29, 1.82) is 0 Å². The minimum atomic E-state index is -1.22. The first kappa shape index (κ1) is 28.1. The second kappa shape index (κ2) is 11.4. The monoisotopic (exact) mass is 536 g/mol. The van der Waals surface area contributed by atoms with E-state index in [1.807, 2.05) is 0 Å². The third-order valence-electron chi connectivity index (χ3n) is 8.42. The SMILES string of the molecule is COc1cc(F)c(OC2CCC(CO)(C(=O)O)CC2)cc1C(=O)N[C@@H]1COC[C@@H]1C(=O)NCC1(C)CCC1. The van der Waals surface area contributed by atoms with Crippen LogP contribution in [0, 0.1) is 22.6 Å². The van der Waals surface area contributed by atoms with Gasteiger partial charge in [-0.1, -0.05) is 13.3 Å². The number of halogens is 1. The number of hydrogen-bond acceptors (Lipinski definition) is 7. The number of aliphatic carboxylic acids is 1. The van der Waals surface area contributed by atoms with Crippen molar-refractivity contribution in [3.63, 3.8) is 0 Å². The summed E-state index contributed by atoms with van der Waals surface area (Å²) >= 11 is 0. The summed E-state index contributed by atoms with van der Waals surface area (Å²) in [5.74, 6) is -3.20. The Morgan fingerprint density at radius 3 is 2.42 bits per heavy atom. The quantitative estimate of drug-likeness (QED) is 0.357. The summed E-state index contributed by atoms with van der Waals surface area (Å²) in [6, 6.07) is 1.77. The number of aliphatic hydroxyl groups excluding tert-OH is 1. The van der Waals surface area contributed by atoms with Gasteiger partial charge in [0.2, 0.25) is 5.91 Å². The van der Waals surface area contributed by atoms with Crippen LogP contribution in [0.25, 0.3) is 0 Å². The van der Waals surface area contributed by atoms with Crippen LogP contribution in [0.3, 0.4) is 0 Å². The summed E-state index contributed by atoms with van der Waals surface area (Å²) in [4.78, 5) is 37.6. The van der Waals surface area contributed by atoms with Crippen LogP contribution in [0.4, 0.5) is 4.39 Å². The molecule has 0 aromatic heterocycles. The Bertz CT molecular complexity index is 1050. The first-order valence-electron chi connectivity index (χ1n) is 13.1. The third kappa shape index (κ3) is 5.88. The molecule has 1 saturated heterocycles. The van der Waals surface area contributed by atoms with Gasteiger partial charge in [0.05, 0.1) is 56.0 Å². The Kier molecular flexibility index (Phi) is 8.46. The van der Waals surface area contributed by atoms with E-state index >= 15 is 0 Å². The summed E-state index contributed by atoms with van der Waals surface area (Å²) in [5, 5.41) is 24.8. The number of rotatable bonds is 10. The van der Waals surface area contributed by atoms with Crippen molar-refractivity contribution in [1.82, 2.24) is 10.6 Å². The second-order valence-electron chi connectivity index (χ2n) is 11.1. The van der Waals surface area contributed by atoms with Crippen molar-refractivity contribution in [2.75, 3.05) is 33.5 Å². The van der Waals surface area contributed by atoms with Crippen molar-refractivity contribution in [2.45, 2.75) is 64.0 Å². The molecule has 1 aliphatic heterocycles. The minimum absolute atomic E-state index is 0.0130. The number of amides is 2. The van der Waals surface area contributed by atoms with Gasteiger partial charge < -0.3 is 35.1 Å². The molecule has 0 bridgehead atoms. The van der Waals surface area contributed by atoms with E-state index in [4.69, 9.17) is 14.2 Å². The molecule has 2 aliphatic carbocycles. The van der Waals surface area contributed by atoms with E-state index in [9.17, 15) is 29.0 Å². The first-order chi connectivity index (χ1) is 18.1. The number of carboxylic acids is 1. The Balaban J connectivity index is 1.41. The van der Waals surface area contributed by atoms with E-state index in [-0.39, 0.29) is 54.4 Å². The Labute approximate surface area is 221 Å². The fourth-order valence-corrected chi connectivity index (χ4v) is 5.44. The number of nitrogens with one attached hydrogen (secondary N) is 2. The second-order valence-corrected chi connectivity index (χ2v) is 11.1. The van der Waals surface area contributed by atoms with Crippen molar-refractivity contribution in [2.24, 2.45) is 16.7 Å². The Hall–Kier alpha value is -2.92. The van der Waals surface area contributed by atoms with Crippen LogP contribution in [0.1, 0.15) is 62.2 Å². The zero-order valence-corrected chi connectivity index (χ0v) is 21.9. The molecule has 4 rings (SSSR count). The molecule has 2 saturated carbocycles. The molecule has 3 aliphatic rings. The molecule has 210 valence electrons. The number of aliphatic hydroxyl groups is 1. The highest BCUT2D eigenvalue weighted by Gasteiger charge is 2.42. The fourth-order valence-electron chi connectivity index (χ4n) is 5.44. The van der Waals surface area contributed by atoms with Gasteiger partial charge in [-0.3, -0.25) is 14.4 Å². The molecular weight excluding hydrogens is 499 g/mol. The normalized spacial score (nSPS) is 28.2. The highest BCUT2D eigenvalue weighted by Crippen LogP contribution is 2.40. The van der Waals surface area contributed by atoms with E-state index in [2.05, 4.69) is 17.6 Å². The van der Waals surface area contributed by atoms with Gasteiger partial charge in [-0.2, -0.15) is 0 Å². The Morgan fingerprint density at radius 2 is 1.84 bits per heavy atom. The number of carbonyl (C=O) groups is 3. The van der Waals surface area contributed by atoms with Gasteiger partial charge in [-0.05, 0) is 50.0 Å². The molecule has 4 N–H and O–H groups in total. The number of carbonyl (C=O) groups excluding carboxylic acids is 2. The van der Waals surface area contributed by atoms with Crippen LogP contribution in [0.15, 0.2) is 12.1 Å². The van der Waals surface area contributed by atoms with Crippen LogP contribution in [0.2, 0.25) is 0 Å². The van der Waals surface area contributed by atoms with Crippen LogP contribution in [-0.4, -0.2) is 73.6 Å². The predicted molar refractivity (Wildman–Crippen MR) is 134 cm³/mol. The average Bonchev–Trinajstić information content (AvgIpc) is 3.35. The lowest BCUT2D eigenvalue weighted by molar-refractivity contribution is -0.155. The van der Waals surface area contributed by atoms with Crippen molar-refractivity contribution < 1.29 is 43.2 Å². The minimum Gasteiger partial charge on any atom is -0.496 e. The number of carboxylic acid groups (broad SMARTS) is 1. The standard InChI is InChI=1S/C27H37FN2O8/c1-26(6-3-7-26)14-29-23(32)18-12-37-13-20(18)30-24(33)17-10-22(19(28)11-21(17)36-2)38-16-4-8-27(15-31,9-5-16)25(34)35/h10-11,16,18,20,31H,3-9,12-15H2,1-2H3,(H,29,32)(H,30,33)(H,34,35)/t16?,18-,20+,27?/m0/s1. The van der Waals surface area contributed by atoms with Gasteiger partial charge in [-0.15, -0.1) is 0 Å². The van der Waals surface area contributed by atoms with Gasteiger partial charge >= 0.3 is 5.97 Å². The molecule has 0 radical (unpaired) electrons. The van der Waals surface area contributed by atoms with Gasteiger partial charge in [-0.25, -0.2) is 4.39 Å². The molecule has 2 amide bonds. The van der Waals surface area contributed by atoms with Gasteiger partial charge in [0, 0.05) is 12.6 Å². The number of hydrogen-bond donors (Lipinski definition) is 4. The molecule has 1 heterocycles. The van der Waals surface area contributed by atoms with Gasteiger partial charge in [0.15, 0.2) is 11.6 Å². The number of ether oxygens (including phenoxy) is 3. The largest absolute Gasteiger partial charge is 0.496 e. The van der Waals surface area contributed by atoms with E-state index < -0.39 is 47.8 Å². The average molecular weight is 537 g/mol. The smallest absolute Gasteiger partial charge is 0.311 e. The molecule has 3 fully saturated rings. The lowest BCUT2D eigenvalue weighted by Crippen LogP contribution is -2.48. The molecule has 10 nitrogen and oxygen atoms in total. The summed E-state index contributed by atoms with van der Waals surface area (Å²) in [7, 11) is 1.32. The van der Waals surface area contributed by atoms with E-state index in [1.54, 1.807) is 0 Å². The molecule has 0 unspecified atom stereocenters. The highest BCUT2D eigenvalue weighted by molar-refractivity contribution is 5.98. The summed E-state index contributed by atoms with van der Waals surface area (Å²) in [6.07, 6.45) is 3.86. The zero-order chi connectivity index (χ0) is 27.5. The topological polar surface area (TPSA) is 143 Å². The van der Waals surface area contributed by atoms with Crippen LogP contribution < -0.4 is 20.1 Å². The molecule has 2 atom stereocenters. The fraction of sp³-hybridized carbons (Fsp3) is 0.667. The number of benzene rings is 1. The summed E-state index contributed by atoms with van der Waals surface area (Å²) < 4.78 is 31.4. The lowest BCUT2D eigenvalue weighted by atomic mass is 9.70. The molecular formula is C27H37FN2O8. The predicted octanol–water partition coefficient (Wildman–Crippen LogP) is 2.27. The van der Waals surface area contributed by atoms with Crippen LogP contribution >= 0.6 is 0 Å². The van der Waals surface area contributed by atoms with E-state index in [0.717, 1.165) is 25.3 Å². The molecule has 0 spiro atoms. The van der Waals surface area contributed by atoms with Crippen LogP contribution in [0.5, 0.6) is 11.5 Å². The van der Waals surface area contributed by atoms with Gasteiger partial charge in [0.1, 0.15) is 5.75 Å². The lowest BCUT2D eigenvalue weighted by Gasteiger charge is -2.38. The van der Waals surface area contributed by atoms with E-state index in [1.165, 1.54) is 13.2 Å². The van der Waals surface area contributed by atoms with E-state index in [0.29, 0.717) is 19.4 Å². The molecule has 11 heteroatoms. The first-order valence-corrected chi connectivity index (χ1v) is 13.1. The summed E-state index contributed by atoms with van der Waals surface area (Å²) in [6.45, 7) is 2.62. The highest BCUT2D eigenvalue weighted by atomic mass is 19.1. The summed E-state index contributed by atoms with van der Waals surface area (Å²) in [5.41, 5.74) is -1.05. The number of methoxy groups -OCH3 is 1. The van der Waals surface area contributed by atoms with Crippen molar-refractivity contribution in [3.8, 4) is 11.5 Å². The Morgan fingerprint density at radius 1 is 1.13 bits per heavy atom. The maximum atomic E-state index is 14.8. The third-order valence-corrected chi connectivity index (χ3v) is 8.42. The maximum Gasteiger partial charge on any atom is 0.311 e. The van der Waals surface area contributed by atoms with Crippen molar-refractivity contribution >= 4 is 17.8 Å². The molecule has 38 heavy (non-hydrogen) atoms.